The smallest absolute Gasteiger partial charge is 0.304 e. The molecule has 0 bridgehead atoms. The molecule has 2 heterocycles. The summed E-state index contributed by atoms with van der Waals surface area (Å²) in [5, 5.41) is 25.9. The fraction of sp³-hybridized carbons (Fsp3) is 0.250. The lowest BCUT2D eigenvalue weighted by molar-refractivity contribution is 0.248. The minimum atomic E-state index is -0.429. The summed E-state index contributed by atoms with van der Waals surface area (Å²) in [7, 11) is 0. The molecule has 0 radical (unpaired) electrons. The van der Waals surface area contributed by atoms with Crippen molar-refractivity contribution >= 4 is 28.3 Å². The lowest BCUT2D eigenvalue weighted by Crippen LogP contribution is -2.43. The molecule has 0 spiro atoms. The summed E-state index contributed by atoms with van der Waals surface area (Å²) in [6.07, 6.45) is 0.770. The number of carbonyl (C=O) groups is 1. The number of nitrogens with one attached hydrogen (secondary N) is 2. The molecule has 0 fully saturated rings. The predicted octanol–water partition coefficient (Wildman–Crippen LogP) is 4.82. The zero-order valence-corrected chi connectivity index (χ0v) is 18.1. The van der Waals surface area contributed by atoms with Crippen molar-refractivity contribution in [2.75, 3.05) is 5.01 Å². The summed E-state index contributed by atoms with van der Waals surface area (Å²) in [6.45, 7) is 12.0. The number of rotatable bonds is 4. The van der Waals surface area contributed by atoms with E-state index in [2.05, 4.69) is 59.2 Å². The van der Waals surface area contributed by atoms with Crippen molar-refractivity contribution in [3.8, 4) is 6.07 Å². The number of allylic oxidation sites excluding steroid dienone is 1. The van der Waals surface area contributed by atoms with Gasteiger partial charge in [-0.3, -0.25) is 5.10 Å². The highest BCUT2D eigenvalue weighted by Crippen LogP contribution is 2.29. The van der Waals surface area contributed by atoms with Crippen LogP contribution in [-0.2, 0) is 6.42 Å². The quantitative estimate of drug-likeness (QED) is 0.643. The van der Waals surface area contributed by atoms with Crippen LogP contribution in [0.25, 0.3) is 10.9 Å². The van der Waals surface area contributed by atoms with Gasteiger partial charge in [-0.25, -0.2) is 4.79 Å². The van der Waals surface area contributed by atoms with Gasteiger partial charge in [0.25, 0.3) is 0 Å². The number of aryl methyl sites for hydroxylation is 2. The molecular formula is C24H24N6O. The highest BCUT2D eigenvalue weighted by molar-refractivity contribution is 6.17. The number of amides is 2. The molecule has 2 aromatic carbocycles. The van der Waals surface area contributed by atoms with E-state index in [9.17, 15) is 10.1 Å². The Bertz CT molecular complexity index is 1270. The predicted molar refractivity (Wildman–Crippen MR) is 122 cm³/mol. The van der Waals surface area contributed by atoms with Crippen molar-refractivity contribution in [3.63, 3.8) is 0 Å². The number of anilines is 1. The van der Waals surface area contributed by atoms with Crippen molar-refractivity contribution in [3.05, 3.63) is 70.6 Å². The number of urea groups is 1. The van der Waals surface area contributed by atoms with E-state index in [0.29, 0.717) is 11.6 Å². The number of benzene rings is 2. The molecule has 7 heteroatoms. The fourth-order valence-electron chi connectivity index (χ4n) is 3.91. The van der Waals surface area contributed by atoms with Crippen LogP contribution in [0.5, 0.6) is 0 Å². The van der Waals surface area contributed by atoms with Crippen molar-refractivity contribution in [2.24, 2.45) is 5.10 Å². The zero-order chi connectivity index (χ0) is 22.3. The van der Waals surface area contributed by atoms with Crippen LogP contribution in [0.15, 0.2) is 47.7 Å². The molecule has 2 N–H and O–H groups in total. The van der Waals surface area contributed by atoms with E-state index in [1.54, 1.807) is 0 Å². The summed E-state index contributed by atoms with van der Waals surface area (Å²) >= 11 is 0. The van der Waals surface area contributed by atoms with Crippen LogP contribution in [0.1, 0.15) is 47.7 Å². The Kier molecular flexibility index (Phi) is 5.07. The largest absolute Gasteiger partial charge is 0.347 e. The number of carbonyl (C=O) groups excluding carboxylic acids is 1. The van der Waals surface area contributed by atoms with E-state index in [0.717, 1.165) is 34.1 Å². The number of hydrazone groups is 1. The molecular weight excluding hydrogens is 388 g/mol. The topological polar surface area (TPSA) is 97.2 Å². The molecule has 4 rings (SSSR count). The van der Waals surface area contributed by atoms with Gasteiger partial charge < -0.3 is 5.32 Å². The van der Waals surface area contributed by atoms with Crippen LogP contribution >= 0.6 is 0 Å². The highest BCUT2D eigenvalue weighted by Gasteiger charge is 2.25. The van der Waals surface area contributed by atoms with Gasteiger partial charge in [-0.15, -0.1) is 0 Å². The molecule has 2 amide bonds. The Morgan fingerprint density at radius 2 is 1.90 bits per heavy atom. The summed E-state index contributed by atoms with van der Waals surface area (Å²) in [6, 6.07) is 11.7. The van der Waals surface area contributed by atoms with Gasteiger partial charge in [0, 0.05) is 11.1 Å². The number of nitrogens with zero attached hydrogens (tertiary/aromatic N) is 4. The third kappa shape index (κ3) is 3.68. The molecule has 1 aliphatic rings. The van der Waals surface area contributed by atoms with Crippen molar-refractivity contribution < 1.29 is 4.79 Å². The third-order valence-corrected chi connectivity index (χ3v) is 5.57. The average Bonchev–Trinajstić information content (AvgIpc) is 3.14. The minimum Gasteiger partial charge on any atom is -0.304 e. The SMILES string of the molecule is C=C1NC(=O)N(c2cc(C)c(Cc3ccc4n[nH]c(C(C)C)c4c3)c(C)c2)N=C1C#N. The highest BCUT2D eigenvalue weighted by atomic mass is 16.2. The normalized spacial score (nSPS) is 14.1. The maximum Gasteiger partial charge on any atom is 0.347 e. The minimum absolute atomic E-state index is 0.0911. The van der Waals surface area contributed by atoms with Crippen LogP contribution in [0, 0.1) is 25.2 Å². The molecule has 0 aliphatic carbocycles. The lowest BCUT2D eigenvalue weighted by atomic mass is 9.94. The van der Waals surface area contributed by atoms with Gasteiger partial charge >= 0.3 is 6.03 Å². The van der Waals surface area contributed by atoms with Crippen molar-refractivity contribution in [2.45, 2.75) is 40.0 Å². The van der Waals surface area contributed by atoms with E-state index < -0.39 is 6.03 Å². The zero-order valence-electron chi connectivity index (χ0n) is 18.1. The van der Waals surface area contributed by atoms with Gasteiger partial charge in [0.1, 0.15) is 6.07 Å². The van der Waals surface area contributed by atoms with Gasteiger partial charge in [-0.1, -0.05) is 26.5 Å². The number of H-pyrrole nitrogens is 1. The molecule has 156 valence electrons. The van der Waals surface area contributed by atoms with E-state index >= 15 is 0 Å². The number of fused-ring (bicyclic) bond motifs is 1. The first-order chi connectivity index (χ1) is 14.8. The van der Waals surface area contributed by atoms with Gasteiger partial charge in [0.2, 0.25) is 0 Å². The number of aromatic nitrogens is 2. The van der Waals surface area contributed by atoms with Crippen LogP contribution < -0.4 is 10.3 Å². The Morgan fingerprint density at radius 1 is 1.19 bits per heavy atom. The van der Waals surface area contributed by atoms with Crippen molar-refractivity contribution in [1.82, 2.24) is 15.5 Å². The van der Waals surface area contributed by atoms with Crippen LogP contribution in [0.3, 0.4) is 0 Å². The molecule has 1 aromatic heterocycles. The van der Waals surface area contributed by atoms with Crippen LogP contribution in [-0.4, -0.2) is 21.9 Å². The standard InChI is InChI=1S/C24H24N6O/c1-13(2)23-20-11-17(6-7-21(20)27-28-23)10-19-14(3)8-18(9-15(19)4)30-24(31)26-16(5)22(12-25)29-30/h6-9,11,13H,5,10H2,1-4H3,(H,26,31)(H,27,28). The monoisotopic (exact) mass is 412 g/mol. The van der Waals surface area contributed by atoms with Gasteiger partial charge in [-0.05, 0) is 72.7 Å². The van der Waals surface area contributed by atoms with E-state index in [-0.39, 0.29) is 11.4 Å². The average molecular weight is 412 g/mol. The molecule has 3 aromatic rings. The summed E-state index contributed by atoms with van der Waals surface area (Å²) in [5.74, 6) is 0.369. The summed E-state index contributed by atoms with van der Waals surface area (Å²) in [5.41, 5.74) is 7.54. The number of aromatic amines is 1. The Balaban J connectivity index is 1.69. The molecule has 0 unspecified atom stereocenters. The molecule has 1 aliphatic heterocycles. The second kappa shape index (κ2) is 7.73. The first-order valence-electron chi connectivity index (χ1n) is 10.1. The van der Waals surface area contributed by atoms with Crippen LogP contribution in [0.4, 0.5) is 10.5 Å². The molecule has 0 saturated carbocycles. The second-order valence-corrected chi connectivity index (χ2v) is 8.16. The number of hydrogen-bond donors (Lipinski definition) is 2. The Hall–Kier alpha value is -3.92. The maximum atomic E-state index is 12.4. The van der Waals surface area contributed by atoms with E-state index in [1.807, 2.05) is 32.0 Å². The maximum absolute atomic E-state index is 12.4. The molecule has 7 nitrogen and oxygen atoms in total. The fourth-order valence-corrected chi connectivity index (χ4v) is 3.91. The lowest BCUT2D eigenvalue weighted by Gasteiger charge is -2.24. The van der Waals surface area contributed by atoms with Crippen molar-refractivity contribution in [1.29, 1.82) is 5.26 Å². The summed E-state index contributed by atoms with van der Waals surface area (Å²) in [4.78, 5) is 12.4. The first-order valence-corrected chi connectivity index (χ1v) is 10.1. The second-order valence-electron chi connectivity index (χ2n) is 8.16. The van der Waals surface area contributed by atoms with E-state index in [1.165, 1.54) is 16.1 Å². The first kappa shape index (κ1) is 20.4. The molecule has 0 atom stereocenters. The molecule has 31 heavy (non-hydrogen) atoms. The number of nitriles is 1. The van der Waals surface area contributed by atoms with Gasteiger partial charge in [0.05, 0.1) is 16.9 Å². The Morgan fingerprint density at radius 3 is 2.55 bits per heavy atom. The molecule has 0 saturated heterocycles. The summed E-state index contributed by atoms with van der Waals surface area (Å²) < 4.78 is 0. The number of hydrogen-bond acceptors (Lipinski definition) is 4. The van der Waals surface area contributed by atoms with Crippen LogP contribution in [0.2, 0.25) is 0 Å². The van der Waals surface area contributed by atoms with E-state index in [4.69, 9.17) is 0 Å². The van der Waals surface area contributed by atoms with Gasteiger partial charge in [-0.2, -0.15) is 20.5 Å². The third-order valence-electron chi connectivity index (χ3n) is 5.57. The van der Waals surface area contributed by atoms with Gasteiger partial charge in [0.15, 0.2) is 5.71 Å². The Labute approximate surface area is 181 Å².